The van der Waals surface area contributed by atoms with E-state index in [0.29, 0.717) is 48.5 Å². The topological polar surface area (TPSA) is 148 Å². The van der Waals surface area contributed by atoms with E-state index in [1.165, 1.54) is 12.1 Å². The second-order valence-corrected chi connectivity index (χ2v) is 17.2. The third kappa shape index (κ3) is 11.6. The van der Waals surface area contributed by atoms with Crippen molar-refractivity contribution in [3.63, 3.8) is 0 Å². The van der Waals surface area contributed by atoms with E-state index in [1.54, 1.807) is 35.2 Å². The lowest BCUT2D eigenvalue weighted by molar-refractivity contribution is -0.256. The van der Waals surface area contributed by atoms with Crippen molar-refractivity contribution in [1.29, 1.82) is 0 Å². The number of unbranched alkanes of at least 4 members (excludes halogenated alkanes) is 2. The molecule has 1 fully saturated rings. The maximum absolute atomic E-state index is 14.5. The number of halogens is 2. The predicted octanol–water partition coefficient (Wildman–Crippen LogP) is 9.83. The number of alkyl halides is 1. The van der Waals surface area contributed by atoms with E-state index in [-0.39, 0.29) is 76.2 Å². The smallest absolute Gasteiger partial charge is 0.412 e. The summed E-state index contributed by atoms with van der Waals surface area (Å²) in [7, 11) is 0. The van der Waals surface area contributed by atoms with E-state index in [1.807, 2.05) is 66.7 Å². The fraction of sp³-hybridized carbons (Fsp3) is 0.404. The molecule has 350 valence electrons. The molecule has 3 N–H and O–H groups in total. The number of nitrogens with one attached hydrogen (secondary N) is 1. The number of aliphatic hydroxyl groups is 2. The van der Waals surface area contributed by atoms with Gasteiger partial charge in [-0.05, 0) is 90.1 Å². The SMILES string of the molecule is C=CCOC12Oc3ccc(OC(=O)NCc4ccccc4)cc3C3C(CCCCO)C(CCCCO)C=C(C(=NOCc4ccccc4)CC1N(Cc1ccc(F)cc1)C(=O)OCCCl)C32. The highest BCUT2D eigenvalue weighted by molar-refractivity contribution is 6.18. The molecule has 0 radical (unpaired) electrons. The van der Waals surface area contributed by atoms with Crippen LogP contribution in [0, 0.1) is 23.6 Å². The zero-order chi connectivity index (χ0) is 46.3. The molecule has 4 aromatic carbocycles. The van der Waals surface area contributed by atoms with E-state index >= 15 is 0 Å². The average Bonchev–Trinajstić information content (AvgIpc) is 3.34. The molecule has 1 saturated carbocycles. The van der Waals surface area contributed by atoms with Crippen molar-refractivity contribution < 1.29 is 48.0 Å². The summed E-state index contributed by atoms with van der Waals surface area (Å²) in [5, 5.41) is 27.7. The molecule has 14 heteroatoms. The number of oxime groups is 1. The fourth-order valence-electron chi connectivity index (χ4n) is 9.68. The summed E-state index contributed by atoms with van der Waals surface area (Å²) in [6, 6.07) is 29.5. The van der Waals surface area contributed by atoms with Crippen molar-refractivity contribution in [2.24, 2.45) is 22.9 Å². The molecule has 0 saturated heterocycles. The second-order valence-electron chi connectivity index (χ2n) is 16.8. The number of ether oxygens (including phenoxy) is 4. The van der Waals surface area contributed by atoms with E-state index in [2.05, 4.69) is 18.0 Å². The standard InChI is InChI=1S/C52H59ClFN3O9/c1-2-28-63-52-47(57(51(61)62-29-25-53)34-37-19-21-40(54)22-20-37)32-45(56-64-35-38-15-7-4-8-16-38)43-30-39(17-9-11-26-58)42(18-10-12-27-59)48(49(43)52)44-31-41(23-24-46(44)66-52)65-50(60)55-33-36-13-5-3-6-14-36/h2-8,13-16,19-24,30-31,39,42,47-49,58-59H,1,9-12,17-18,25-29,32-35H2,(H,55,60). The lowest BCUT2D eigenvalue weighted by Gasteiger charge is -2.59. The summed E-state index contributed by atoms with van der Waals surface area (Å²) >= 11 is 6.08. The first kappa shape index (κ1) is 48.2. The monoisotopic (exact) mass is 923 g/mol. The number of carbonyl (C=O) groups excluding carboxylic acids is 2. The van der Waals surface area contributed by atoms with Crippen LogP contribution in [-0.4, -0.2) is 77.1 Å². The summed E-state index contributed by atoms with van der Waals surface area (Å²) in [6.07, 6.45) is 6.79. The van der Waals surface area contributed by atoms with Gasteiger partial charge >= 0.3 is 12.2 Å². The Balaban J connectivity index is 1.41. The Hall–Kier alpha value is -5.73. The quantitative estimate of drug-likeness (QED) is 0.0303. The molecular formula is C52H59ClFN3O9. The summed E-state index contributed by atoms with van der Waals surface area (Å²) in [4.78, 5) is 35.6. The summed E-state index contributed by atoms with van der Waals surface area (Å²) < 4.78 is 40.4. The van der Waals surface area contributed by atoms with E-state index in [4.69, 9.17) is 40.5 Å². The number of amides is 2. The molecule has 2 aliphatic carbocycles. The third-order valence-electron chi connectivity index (χ3n) is 12.6. The van der Waals surface area contributed by atoms with Crippen LogP contribution in [0.2, 0.25) is 0 Å². The van der Waals surface area contributed by atoms with Crippen molar-refractivity contribution >= 4 is 29.5 Å². The van der Waals surface area contributed by atoms with Crippen molar-refractivity contribution in [1.82, 2.24) is 10.2 Å². The number of allylic oxidation sites excluding steroid dienone is 1. The zero-order valence-electron chi connectivity index (χ0n) is 37.1. The Kier molecular flexibility index (Phi) is 17.3. The first-order chi connectivity index (χ1) is 32.3. The second kappa shape index (κ2) is 23.6. The van der Waals surface area contributed by atoms with Crippen LogP contribution in [0.3, 0.4) is 0 Å². The predicted molar refractivity (Wildman–Crippen MR) is 250 cm³/mol. The molecule has 6 atom stereocenters. The highest BCUT2D eigenvalue weighted by Gasteiger charge is 2.65. The van der Waals surface area contributed by atoms with Crippen LogP contribution in [0.15, 0.2) is 133 Å². The van der Waals surface area contributed by atoms with Gasteiger partial charge in [-0.3, -0.25) is 4.90 Å². The largest absolute Gasteiger partial charge is 0.459 e. The Labute approximate surface area is 391 Å². The van der Waals surface area contributed by atoms with Gasteiger partial charge in [0.15, 0.2) is 0 Å². The van der Waals surface area contributed by atoms with Crippen LogP contribution in [0.5, 0.6) is 11.5 Å². The minimum atomic E-state index is -1.60. The number of nitrogens with zero attached hydrogens (tertiary/aromatic N) is 2. The van der Waals surface area contributed by atoms with Crippen molar-refractivity contribution in [3.05, 3.63) is 156 Å². The Morgan fingerprint density at radius 2 is 1.64 bits per heavy atom. The summed E-state index contributed by atoms with van der Waals surface area (Å²) in [5.74, 6) is -2.34. The molecule has 66 heavy (non-hydrogen) atoms. The Bertz CT molecular complexity index is 2280. The maximum atomic E-state index is 14.5. The number of fused-ring (bicyclic) bond motifs is 2. The molecule has 12 nitrogen and oxygen atoms in total. The van der Waals surface area contributed by atoms with Gasteiger partial charge in [0.2, 0.25) is 5.79 Å². The number of benzene rings is 4. The Morgan fingerprint density at radius 3 is 2.33 bits per heavy atom. The minimum absolute atomic E-state index is 0.00927. The lowest BCUT2D eigenvalue weighted by Crippen LogP contribution is -2.70. The molecule has 1 heterocycles. The van der Waals surface area contributed by atoms with Crippen LogP contribution < -0.4 is 14.8 Å². The number of hydrogen-bond acceptors (Lipinski definition) is 10. The lowest BCUT2D eigenvalue weighted by atomic mass is 9.55. The number of rotatable bonds is 22. The molecule has 1 aliphatic heterocycles. The van der Waals surface area contributed by atoms with Gasteiger partial charge in [-0.25, -0.2) is 14.0 Å². The average molecular weight is 925 g/mol. The summed E-state index contributed by atoms with van der Waals surface area (Å²) in [5.41, 5.74) is 4.65. The van der Waals surface area contributed by atoms with Gasteiger partial charge in [-0.1, -0.05) is 103 Å². The maximum Gasteiger partial charge on any atom is 0.412 e. The Morgan fingerprint density at radius 1 is 0.924 bits per heavy atom. The first-order valence-electron chi connectivity index (χ1n) is 22.8. The van der Waals surface area contributed by atoms with Crippen molar-refractivity contribution in [2.75, 3.05) is 32.3 Å². The molecule has 7 rings (SSSR count). The van der Waals surface area contributed by atoms with Gasteiger partial charge in [0, 0.05) is 44.2 Å². The van der Waals surface area contributed by atoms with Crippen LogP contribution in [-0.2, 0) is 34.0 Å². The number of hydrogen-bond donors (Lipinski definition) is 3. The van der Waals surface area contributed by atoms with Gasteiger partial charge in [0.05, 0.1) is 24.1 Å². The van der Waals surface area contributed by atoms with Crippen molar-refractivity contribution in [3.8, 4) is 11.5 Å². The molecule has 0 aromatic heterocycles. The highest BCUT2D eigenvalue weighted by atomic mass is 35.5. The molecule has 3 aliphatic rings. The van der Waals surface area contributed by atoms with Crippen LogP contribution >= 0.6 is 11.6 Å². The van der Waals surface area contributed by atoms with Crippen LogP contribution in [0.4, 0.5) is 14.0 Å². The minimum Gasteiger partial charge on any atom is -0.459 e. The van der Waals surface area contributed by atoms with Gasteiger partial charge in [0.25, 0.3) is 0 Å². The molecule has 4 aromatic rings. The first-order valence-corrected chi connectivity index (χ1v) is 23.3. The number of aliphatic hydroxyl groups excluding tert-OH is 2. The van der Waals surface area contributed by atoms with E-state index in [9.17, 15) is 24.2 Å². The molecule has 6 unspecified atom stereocenters. The van der Waals surface area contributed by atoms with Gasteiger partial charge in [-0.15, -0.1) is 18.2 Å². The molecule has 0 spiro atoms. The van der Waals surface area contributed by atoms with E-state index in [0.717, 1.165) is 35.1 Å². The van der Waals surface area contributed by atoms with Crippen molar-refractivity contribution in [2.45, 2.75) is 82.4 Å². The molecule has 0 bridgehead atoms. The fourth-order valence-corrected chi connectivity index (χ4v) is 9.76. The van der Waals surface area contributed by atoms with Crippen LogP contribution in [0.1, 0.15) is 73.1 Å². The number of carbonyl (C=O) groups is 2. The van der Waals surface area contributed by atoms with Crippen LogP contribution in [0.25, 0.3) is 0 Å². The van der Waals surface area contributed by atoms with Gasteiger partial charge < -0.3 is 39.3 Å². The molecular weight excluding hydrogens is 865 g/mol. The normalized spacial score (nSPS) is 22.2. The highest BCUT2D eigenvalue weighted by Crippen LogP contribution is 2.62. The molecule has 2 amide bonds. The van der Waals surface area contributed by atoms with Gasteiger partial charge in [-0.2, -0.15) is 0 Å². The zero-order valence-corrected chi connectivity index (χ0v) is 37.8. The third-order valence-corrected chi connectivity index (χ3v) is 12.7. The van der Waals surface area contributed by atoms with Gasteiger partial charge in [0.1, 0.15) is 36.6 Å². The van der Waals surface area contributed by atoms with E-state index < -0.39 is 35.8 Å². The summed E-state index contributed by atoms with van der Waals surface area (Å²) in [6.45, 7) is 4.50.